The molecular weight excluding hydrogens is 322 g/mol. The number of benzene rings is 1. The number of carbonyl (C=O) groups excluding carboxylic acids is 1. The van der Waals surface area contributed by atoms with Crippen LogP contribution in [0.15, 0.2) is 23.8 Å². The van der Waals surface area contributed by atoms with Crippen molar-refractivity contribution in [3.8, 4) is 11.5 Å². The van der Waals surface area contributed by atoms with E-state index in [9.17, 15) is 10.0 Å². The minimum Gasteiger partial charge on any atom is -0.497 e. The van der Waals surface area contributed by atoms with Gasteiger partial charge in [0.25, 0.3) is 0 Å². The first-order valence-electron chi connectivity index (χ1n) is 8.25. The molecule has 0 saturated heterocycles. The first-order valence-corrected chi connectivity index (χ1v) is 8.25. The maximum atomic E-state index is 13.0. The third kappa shape index (κ3) is 3.00. The smallest absolute Gasteiger partial charge is 0.336 e. The van der Waals surface area contributed by atoms with Gasteiger partial charge in [-0.2, -0.15) is 0 Å². The van der Waals surface area contributed by atoms with Gasteiger partial charge in [-0.15, -0.1) is 10.3 Å². The monoisotopic (exact) mass is 348 g/mol. The Bertz CT molecular complexity index is 706. The predicted molar refractivity (Wildman–Crippen MR) is 93.8 cm³/mol. The lowest BCUT2D eigenvalue weighted by Crippen LogP contribution is -2.48. The zero-order valence-corrected chi connectivity index (χ0v) is 15.9. The van der Waals surface area contributed by atoms with E-state index in [1.807, 2.05) is 0 Å². The van der Waals surface area contributed by atoms with Crippen molar-refractivity contribution in [3.63, 3.8) is 0 Å². The number of nitrogens with zero attached hydrogens (tertiary/aromatic N) is 1. The fourth-order valence-corrected chi connectivity index (χ4v) is 3.54. The van der Waals surface area contributed by atoms with Crippen LogP contribution >= 0.6 is 0 Å². The molecule has 0 saturated carbocycles. The van der Waals surface area contributed by atoms with E-state index in [0.717, 1.165) is 5.06 Å². The molecule has 0 amide bonds. The molecule has 0 bridgehead atoms. The van der Waals surface area contributed by atoms with E-state index in [-0.39, 0.29) is 6.61 Å². The van der Waals surface area contributed by atoms with E-state index < -0.39 is 17.0 Å². The van der Waals surface area contributed by atoms with Gasteiger partial charge >= 0.3 is 5.97 Å². The van der Waals surface area contributed by atoms with Crippen LogP contribution in [0, 0.1) is 0 Å². The van der Waals surface area contributed by atoms with Crippen LogP contribution in [-0.4, -0.2) is 42.9 Å². The van der Waals surface area contributed by atoms with Crippen molar-refractivity contribution < 1.29 is 24.2 Å². The summed E-state index contributed by atoms with van der Waals surface area (Å²) in [6.07, 6.45) is 0. The zero-order valence-electron chi connectivity index (χ0n) is 15.9. The van der Waals surface area contributed by atoms with Crippen molar-refractivity contribution in [2.45, 2.75) is 45.7 Å². The maximum Gasteiger partial charge on any atom is 0.336 e. The second-order valence-corrected chi connectivity index (χ2v) is 6.95. The molecule has 1 aliphatic rings. The summed E-state index contributed by atoms with van der Waals surface area (Å²) >= 11 is 0. The van der Waals surface area contributed by atoms with E-state index in [4.69, 9.17) is 14.2 Å². The molecule has 6 heteroatoms. The second-order valence-electron chi connectivity index (χ2n) is 6.95. The molecule has 1 radical (unpaired) electrons. The topological polar surface area (TPSA) is 67.9 Å². The Morgan fingerprint density at radius 3 is 2.24 bits per heavy atom. The maximum absolute atomic E-state index is 13.0. The Hall–Kier alpha value is -2.05. The Labute approximate surface area is 148 Å². The van der Waals surface area contributed by atoms with Gasteiger partial charge in [0.2, 0.25) is 0 Å². The number of rotatable bonds is 5. The van der Waals surface area contributed by atoms with E-state index in [0.29, 0.717) is 28.2 Å². The quantitative estimate of drug-likeness (QED) is 0.764. The summed E-state index contributed by atoms with van der Waals surface area (Å²) in [6.45, 7) is 9.03. The number of esters is 1. The summed E-state index contributed by atoms with van der Waals surface area (Å²) in [4.78, 5) is 12.7. The Morgan fingerprint density at radius 1 is 1.08 bits per heavy atom. The summed E-state index contributed by atoms with van der Waals surface area (Å²) in [6, 6.07) is 5.32. The first-order chi connectivity index (χ1) is 11.6. The van der Waals surface area contributed by atoms with E-state index in [2.05, 4.69) is 0 Å². The SMILES string of the molecule is CCOC(=O)C1=C(c2cc(OC)ccc2OC)C(C)(C)N([O])C1(C)C. The lowest BCUT2D eigenvalue weighted by atomic mass is 9.85. The van der Waals surface area contributed by atoms with Crippen LogP contribution in [0.25, 0.3) is 5.57 Å². The van der Waals surface area contributed by atoms with Crippen molar-refractivity contribution >= 4 is 11.5 Å². The van der Waals surface area contributed by atoms with Crippen LogP contribution in [0.3, 0.4) is 0 Å². The molecule has 137 valence electrons. The fraction of sp³-hybridized carbons (Fsp3) is 0.526. The highest BCUT2D eigenvalue weighted by Gasteiger charge is 2.55. The second kappa shape index (κ2) is 6.69. The number of hydrogen-bond donors (Lipinski definition) is 0. The van der Waals surface area contributed by atoms with E-state index in [1.165, 1.54) is 0 Å². The molecule has 0 aromatic heterocycles. The number of carbonyl (C=O) groups is 1. The molecule has 0 spiro atoms. The van der Waals surface area contributed by atoms with Gasteiger partial charge in [-0.25, -0.2) is 4.79 Å². The van der Waals surface area contributed by atoms with Gasteiger partial charge < -0.3 is 14.2 Å². The molecule has 1 aliphatic heterocycles. The van der Waals surface area contributed by atoms with Crippen molar-refractivity contribution in [3.05, 3.63) is 29.3 Å². The van der Waals surface area contributed by atoms with Gasteiger partial charge in [-0.1, -0.05) is 0 Å². The van der Waals surface area contributed by atoms with Gasteiger partial charge in [0, 0.05) is 5.56 Å². The van der Waals surface area contributed by atoms with Gasteiger partial charge in [-0.3, -0.25) is 0 Å². The normalized spacial score (nSPS) is 19.0. The molecule has 0 atom stereocenters. The fourth-order valence-electron chi connectivity index (χ4n) is 3.54. The molecule has 0 unspecified atom stereocenters. The molecule has 2 rings (SSSR count). The summed E-state index contributed by atoms with van der Waals surface area (Å²) in [5.41, 5.74) is -0.367. The number of hydroxylamine groups is 2. The molecule has 1 aromatic rings. The van der Waals surface area contributed by atoms with Gasteiger partial charge in [0.05, 0.1) is 37.5 Å². The van der Waals surface area contributed by atoms with Crippen LogP contribution < -0.4 is 9.47 Å². The Kier molecular flexibility index (Phi) is 5.16. The van der Waals surface area contributed by atoms with Crippen molar-refractivity contribution in [1.29, 1.82) is 0 Å². The predicted octanol–water partition coefficient (Wildman–Crippen LogP) is 3.24. The number of hydrogen-bond acceptors (Lipinski definition) is 5. The van der Waals surface area contributed by atoms with Crippen molar-refractivity contribution in [2.75, 3.05) is 20.8 Å². The molecule has 1 aromatic carbocycles. The van der Waals surface area contributed by atoms with Crippen molar-refractivity contribution in [2.24, 2.45) is 0 Å². The minimum absolute atomic E-state index is 0.236. The molecular formula is C19H26NO5. The zero-order chi connectivity index (χ0) is 19.0. The summed E-state index contributed by atoms with van der Waals surface area (Å²) < 4.78 is 16.0. The van der Waals surface area contributed by atoms with E-state index >= 15 is 0 Å². The average molecular weight is 348 g/mol. The van der Waals surface area contributed by atoms with Gasteiger partial charge in [-0.05, 0) is 58.4 Å². The molecule has 1 heterocycles. The van der Waals surface area contributed by atoms with Crippen LogP contribution in [0.4, 0.5) is 0 Å². The Balaban J connectivity index is 2.84. The lowest BCUT2D eigenvalue weighted by molar-refractivity contribution is -0.237. The average Bonchev–Trinajstić information content (AvgIpc) is 2.71. The molecule has 0 fully saturated rings. The standard InChI is InChI=1S/C19H26NO5/c1-8-25-17(21)16-15(18(2,3)20(22)19(16,4)5)13-11-12(23-6)9-10-14(13)24-7/h9-11H,8H2,1-7H3. The highest BCUT2D eigenvalue weighted by atomic mass is 16.5. The summed E-state index contributed by atoms with van der Waals surface area (Å²) in [5.74, 6) is 0.694. The number of ether oxygens (including phenoxy) is 3. The summed E-state index contributed by atoms with van der Waals surface area (Å²) in [5, 5.41) is 13.9. The van der Waals surface area contributed by atoms with Crippen LogP contribution in [0.1, 0.15) is 40.2 Å². The third-order valence-corrected chi connectivity index (χ3v) is 4.64. The largest absolute Gasteiger partial charge is 0.497 e. The van der Waals surface area contributed by atoms with Gasteiger partial charge in [0.15, 0.2) is 0 Å². The van der Waals surface area contributed by atoms with Crippen LogP contribution in [0.2, 0.25) is 0 Å². The van der Waals surface area contributed by atoms with Crippen molar-refractivity contribution in [1.82, 2.24) is 5.06 Å². The van der Waals surface area contributed by atoms with Gasteiger partial charge in [0.1, 0.15) is 11.5 Å². The number of methoxy groups -OCH3 is 2. The lowest BCUT2D eigenvalue weighted by Gasteiger charge is -2.34. The molecule has 6 nitrogen and oxygen atoms in total. The first kappa shape index (κ1) is 19.3. The molecule has 25 heavy (non-hydrogen) atoms. The van der Waals surface area contributed by atoms with E-state index in [1.54, 1.807) is 67.0 Å². The van der Waals surface area contributed by atoms with Crippen LogP contribution in [-0.2, 0) is 14.7 Å². The Morgan fingerprint density at radius 2 is 1.72 bits per heavy atom. The highest BCUT2D eigenvalue weighted by molar-refractivity contribution is 6.04. The summed E-state index contributed by atoms with van der Waals surface area (Å²) in [7, 11) is 3.12. The van der Waals surface area contributed by atoms with Crippen LogP contribution in [0.5, 0.6) is 11.5 Å². The third-order valence-electron chi connectivity index (χ3n) is 4.64. The molecule has 0 N–H and O–H groups in total. The highest BCUT2D eigenvalue weighted by Crippen LogP contribution is 2.51. The molecule has 0 aliphatic carbocycles. The minimum atomic E-state index is -1.03.